The highest BCUT2D eigenvalue weighted by atomic mass is 19.4. The van der Waals surface area contributed by atoms with Crippen LogP contribution in [0.2, 0.25) is 0 Å². The van der Waals surface area contributed by atoms with Gasteiger partial charge in [0, 0.05) is 23.5 Å². The van der Waals surface area contributed by atoms with Crippen molar-refractivity contribution in [1.82, 2.24) is 9.97 Å². The summed E-state index contributed by atoms with van der Waals surface area (Å²) in [6.45, 7) is 1.95. The van der Waals surface area contributed by atoms with Crippen molar-refractivity contribution in [1.29, 1.82) is 0 Å². The standard InChI is InChI=1S/C15H13F3N2O3/c1-2-23-14(22)10-5-3-9(4-6-10)13-19-7-11(8-20-13)12(21)15(16,17)18/h3-8,12,21H,2H2,1H3. The Balaban J connectivity index is 2.18. The van der Waals surface area contributed by atoms with E-state index >= 15 is 0 Å². The fourth-order valence-corrected chi connectivity index (χ4v) is 1.79. The first-order valence-electron chi connectivity index (χ1n) is 6.67. The normalized spacial score (nSPS) is 12.7. The average Bonchev–Trinajstić information content (AvgIpc) is 2.54. The van der Waals surface area contributed by atoms with E-state index in [-0.39, 0.29) is 12.4 Å². The molecular weight excluding hydrogens is 313 g/mol. The zero-order chi connectivity index (χ0) is 17.0. The van der Waals surface area contributed by atoms with Gasteiger partial charge in [-0.15, -0.1) is 0 Å². The molecule has 0 aliphatic heterocycles. The largest absolute Gasteiger partial charge is 0.462 e. The molecule has 0 radical (unpaired) electrons. The Hall–Kier alpha value is -2.48. The van der Waals surface area contributed by atoms with E-state index in [4.69, 9.17) is 9.84 Å². The minimum atomic E-state index is -4.77. The molecule has 0 amide bonds. The number of alkyl halides is 3. The number of hydrogen-bond donors (Lipinski definition) is 1. The summed E-state index contributed by atoms with van der Waals surface area (Å²) in [4.78, 5) is 19.1. The van der Waals surface area contributed by atoms with Gasteiger partial charge in [-0.3, -0.25) is 0 Å². The van der Waals surface area contributed by atoms with Crippen molar-refractivity contribution in [3.8, 4) is 11.4 Å². The van der Waals surface area contributed by atoms with Gasteiger partial charge in [-0.2, -0.15) is 13.2 Å². The number of hydrogen-bond acceptors (Lipinski definition) is 5. The third-order valence-electron chi connectivity index (χ3n) is 2.95. The first-order valence-corrected chi connectivity index (χ1v) is 6.67. The summed E-state index contributed by atoms with van der Waals surface area (Å²) in [5.74, 6) is -0.290. The van der Waals surface area contributed by atoms with Gasteiger partial charge in [0.2, 0.25) is 0 Å². The molecule has 0 aliphatic rings. The summed E-state index contributed by atoms with van der Waals surface area (Å²) in [6, 6.07) is 6.13. The van der Waals surface area contributed by atoms with Crippen LogP contribution in [0.5, 0.6) is 0 Å². The molecule has 0 fully saturated rings. The molecule has 1 aromatic carbocycles. The van der Waals surface area contributed by atoms with Crippen molar-refractivity contribution in [2.45, 2.75) is 19.2 Å². The molecule has 2 aromatic rings. The van der Waals surface area contributed by atoms with Crippen LogP contribution in [-0.2, 0) is 4.74 Å². The molecule has 0 saturated carbocycles. The van der Waals surface area contributed by atoms with Gasteiger partial charge in [-0.1, -0.05) is 12.1 Å². The van der Waals surface area contributed by atoms with Gasteiger partial charge >= 0.3 is 12.1 Å². The first-order chi connectivity index (χ1) is 10.8. The molecule has 8 heteroatoms. The second-order valence-electron chi connectivity index (χ2n) is 4.58. The van der Waals surface area contributed by atoms with Crippen molar-refractivity contribution in [2.75, 3.05) is 6.61 Å². The quantitative estimate of drug-likeness (QED) is 0.875. The number of aromatic nitrogens is 2. The molecule has 1 atom stereocenters. The van der Waals surface area contributed by atoms with Gasteiger partial charge < -0.3 is 9.84 Å². The fourth-order valence-electron chi connectivity index (χ4n) is 1.79. The maximum atomic E-state index is 12.4. The molecule has 1 N–H and O–H groups in total. The first kappa shape index (κ1) is 16.9. The minimum absolute atomic E-state index is 0.179. The minimum Gasteiger partial charge on any atom is -0.462 e. The van der Waals surface area contributed by atoms with Crippen molar-refractivity contribution < 1.29 is 27.8 Å². The highest BCUT2D eigenvalue weighted by molar-refractivity contribution is 5.89. The predicted molar refractivity (Wildman–Crippen MR) is 74.4 cm³/mol. The number of carbonyl (C=O) groups is 1. The SMILES string of the molecule is CCOC(=O)c1ccc(-c2ncc(C(O)C(F)(F)F)cn2)cc1. The van der Waals surface area contributed by atoms with E-state index in [0.29, 0.717) is 11.1 Å². The highest BCUT2D eigenvalue weighted by Crippen LogP contribution is 2.32. The molecule has 1 heterocycles. The Morgan fingerprint density at radius 1 is 1.22 bits per heavy atom. The van der Waals surface area contributed by atoms with Crippen LogP contribution in [0.3, 0.4) is 0 Å². The van der Waals surface area contributed by atoms with Gasteiger partial charge in [-0.05, 0) is 19.1 Å². The summed E-state index contributed by atoms with van der Waals surface area (Å²) in [5, 5.41) is 9.11. The molecule has 1 unspecified atom stereocenters. The molecule has 122 valence electrons. The summed E-state index contributed by atoms with van der Waals surface area (Å²) >= 11 is 0. The van der Waals surface area contributed by atoms with Crippen molar-refractivity contribution in [3.05, 3.63) is 47.8 Å². The van der Waals surface area contributed by atoms with Gasteiger partial charge in [0.25, 0.3) is 0 Å². The van der Waals surface area contributed by atoms with Crippen LogP contribution < -0.4 is 0 Å². The molecule has 23 heavy (non-hydrogen) atoms. The number of benzene rings is 1. The zero-order valence-corrected chi connectivity index (χ0v) is 12.0. The second kappa shape index (κ2) is 6.74. The number of aliphatic hydroxyl groups is 1. The van der Waals surface area contributed by atoms with Crippen LogP contribution in [0.1, 0.15) is 28.9 Å². The van der Waals surface area contributed by atoms with Crippen molar-refractivity contribution >= 4 is 5.97 Å². The van der Waals surface area contributed by atoms with Crippen LogP contribution in [-0.4, -0.2) is 33.8 Å². The van der Waals surface area contributed by atoms with Crippen LogP contribution >= 0.6 is 0 Å². The smallest absolute Gasteiger partial charge is 0.418 e. The Kier molecular flexibility index (Phi) is 4.95. The van der Waals surface area contributed by atoms with Gasteiger partial charge in [0.05, 0.1) is 12.2 Å². The van der Waals surface area contributed by atoms with Gasteiger partial charge in [-0.25, -0.2) is 14.8 Å². The Labute approximate surface area is 129 Å². The summed E-state index contributed by atoms with van der Waals surface area (Å²) in [6.07, 6.45) is -5.56. The number of aliphatic hydroxyl groups excluding tert-OH is 1. The number of carbonyl (C=O) groups excluding carboxylic acids is 1. The van der Waals surface area contributed by atoms with Gasteiger partial charge in [0.1, 0.15) is 0 Å². The van der Waals surface area contributed by atoms with E-state index < -0.39 is 23.8 Å². The molecule has 0 saturated heterocycles. The molecule has 5 nitrogen and oxygen atoms in total. The lowest BCUT2D eigenvalue weighted by Gasteiger charge is -2.14. The van der Waals surface area contributed by atoms with Crippen molar-refractivity contribution in [3.63, 3.8) is 0 Å². The number of ether oxygens (including phenoxy) is 1. The maximum absolute atomic E-state index is 12.4. The van der Waals surface area contributed by atoms with E-state index in [1.54, 1.807) is 19.1 Å². The molecule has 0 bridgehead atoms. The molecule has 2 rings (SSSR count). The second-order valence-corrected chi connectivity index (χ2v) is 4.58. The van der Waals surface area contributed by atoms with E-state index in [2.05, 4.69) is 9.97 Å². The average molecular weight is 326 g/mol. The van der Waals surface area contributed by atoms with Crippen molar-refractivity contribution in [2.24, 2.45) is 0 Å². The number of nitrogens with zero attached hydrogens (tertiary/aromatic N) is 2. The summed E-state index contributed by atoms with van der Waals surface area (Å²) in [5.41, 5.74) is 0.426. The molecule has 0 spiro atoms. The Morgan fingerprint density at radius 2 is 1.78 bits per heavy atom. The lowest BCUT2D eigenvalue weighted by Crippen LogP contribution is -2.20. The Morgan fingerprint density at radius 3 is 2.26 bits per heavy atom. The third kappa shape index (κ3) is 4.04. The topological polar surface area (TPSA) is 72.3 Å². The zero-order valence-electron chi connectivity index (χ0n) is 12.0. The van der Waals surface area contributed by atoms with Crippen LogP contribution in [0.15, 0.2) is 36.7 Å². The Bertz CT molecular complexity index is 670. The molecular formula is C15H13F3N2O3. The summed E-state index contributed by atoms with van der Waals surface area (Å²) in [7, 11) is 0. The lowest BCUT2D eigenvalue weighted by molar-refractivity contribution is -0.206. The highest BCUT2D eigenvalue weighted by Gasteiger charge is 2.39. The van der Waals surface area contributed by atoms with E-state index in [1.165, 1.54) is 12.1 Å². The predicted octanol–water partition coefficient (Wildman–Crippen LogP) is 2.92. The number of esters is 1. The molecule has 1 aromatic heterocycles. The third-order valence-corrected chi connectivity index (χ3v) is 2.95. The van der Waals surface area contributed by atoms with E-state index in [0.717, 1.165) is 12.4 Å². The molecule has 0 aliphatic carbocycles. The van der Waals surface area contributed by atoms with Gasteiger partial charge in [0.15, 0.2) is 11.9 Å². The summed E-state index contributed by atoms with van der Waals surface area (Å²) < 4.78 is 42.0. The lowest BCUT2D eigenvalue weighted by atomic mass is 10.1. The van der Waals surface area contributed by atoms with E-state index in [9.17, 15) is 18.0 Å². The maximum Gasteiger partial charge on any atom is 0.418 e. The fraction of sp³-hybridized carbons (Fsp3) is 0.267. The van der Waals surface area contributed by atoms with Crippen LogP contribution in [0.25, 0.3) is 11.4 Å². The number of rotatable bonds is 4. The van der Waals surface area contributed by atoms with Crippen LogP contribution in [0.4, 0.5) is 13.2 Å². The number of halogens is 3. The van der Waals surface area contributed by atoms with E-state index in [1.807, 2.05) is 0 Å². The monoisotopic (exact) mass is 326 g/mol. The van der Waals surface area contributed by atoms with Crippen LogP contribution in [0, 0.1) is 0 Å².